The van der Waals surface area contributed by atoms with Gasteiger partial charge in [-0.05, 0) is 36.2 Å². The number of nitrogens with one attached hydrogen (secondary N) is 2. The molecule has 2 N–H and O–H groups in total. The molecular formula is C19H16F2N4O. The molecule has 0 saturated carbocycles. The summed E-state index contributed by atoms with van der Waals surface area (Å²) in [7, 11) is 0. The van der Waals surface area contributed by atoms with Gasteiger partial charge in [0.05, 0.1) is 12.4 Å². The minimum absolute atomic E-state index is 0.0571. The van der Waals surface area contributed by atoms with Crippen LogP contribution in [0.1, 0.15) is 23.0 Å². The number of carbonyl (C=O) groups is 1. The molecule has 1 heterocycles. The Morgan fingerprint density at radius 2 is 1.69 bits per heavy atom. The van der Waals surface area contributed by atoms with Crippen LogP contribution in [0.15, 0.2) is 54.9 Å². The lowest BCUT2D eigenvalue weighted by atomic mass is 10.1. The fraction of sp³-hybridized carbons (Fsp3) is 0.105. The summed E-state index contributed by atoms with van der Waals surface area (Å²) in [4.78, 5) is 20.3. The van der Waals surface area contributed by atoms with Crippen LogP contribution < -0.4 is 10.6 Å². The molecule has 0 spiro atoms. The maximum absolute atomic E-state index is 13.2. The van der Waals surface area contributed by atoms with Gasteiger partial charge < -0.3 is 10.6 Å². The number of anilines is 3. The van der Waals surface area contributed by atoms with Gasteiger partial charge in [0.15, 0.2) is 11.6 Å². The number of aryl methyl sites for hydroxylation is 1. The molecule has 7 heteroatoms. The minimum Gasteiger partial charge on any atom is -0.339 e. The summed E-state index contributed by atoms with van der Waals surface area (Å²) < 4.78 is 26.1. The minimum atomic E-state index is -1.04. The van der Waals surface area contributed by atoms with E-state index in [2.05, 4.69) is 27.5 Å². The Kier molecular flexibility index (Phi) is 5.17. The first-order chi connectivity index (χ1) is 12.5. The molecule has 0 aliphatic carbocycles. The van der Waals surface area contributed by atoms with E-state index >= 15 is 0 Å². The predicted octanol–water partition coefficient (Wildman–Crippen LogP) is 4.31. The molecule has 5 nitrogen and oxygen atoms in total. The van der Waals surface area contributed by atoms with Crippen LogP contribution >= 0.6 is 0 Å². The summed E-state index contributed by atoms with van der Waals surface area (Å²) in [6.45, 7) is 2.08. The van der Waals surface area contributed by atoms with E-state index in [4.69, 9.17) is 0 Å². The summed E-state index contributed by atoms with van der Waals surface area (Å²) >= 11 is 0. The van der Waals surface area contributed by atoms with Crippen molar-refractivity contribution in [2.45, 2.75) is 13.3 Å². The molecule has 26 heavy (non-hydrogen) atoms. The molecule has 0 saturated heterocycles. The Bertz CT molecular complexity index is 912. The van der Waals surface area contributed by atoms with Crippen LogP contribution in [-0.2, 0) is 6.42 Å². The van der Waals surface area contributed by atoms with E-state index in [1.165, 1.54) is 24.0 Å². The average Bonchev–Trinajstić information content (AvgIpc) is 2.66. The van der Waals surface area contributed by atoms with Crippen molar-refractivity contribution in [3.05, 3.63) is 77.8 Å². The lowest BCUT2D eigenvalue weighted by Gasteiger charge is -2.08. The molecule has 0 bridgehead atoms. The van der Waals surface area contributed by atoms with Crippen LogP contribution in [-0.4, -0.2) is 15.9 Å². The zero-order valence-electron chi connectivity index (χ0n) is 14.0. The van der Waals surface area contributed by atoms with E-state index in [1.807, 2.05) is 24.3 Å². The molecule has 0 aliphatic rings. The van der Waals surface area contributed by atoms with Crippen molar-refractivity contribution < 1.29 is 13.6 Å². The van der Waals surface area contributed by atoms with Gasteiger partial charge in [0.25, 0.3) is 5.91 Å². The first-order valence-electron chi connectivity index (χ1n) is 7.99. The maximum Gasteiger partial charge on any atom is 0.275 e. The van der Waals surface area contributed by atoms with Crippen molar-refractivity contribution in [1.82, 2.24) is 9.97 Å². The summed E-state index contributed by atoms with van der Waals surface area (Å²) in [6, 6.07) is 11.0. The summed E-state index contributed by atoms with van der Waals surface area (Å²) in [5.74, 6) is -2.10. The Morgan fingerprint density at radius 3 is 2.31 bits per heavy atom. The molecule has 0 fully saturated rings. The van der Waals surface area contributed by atoms with Crippen molar-refractivity contribution in [2.75, 3.05) is 10.6 Å². The third kappa shape index (κ3) is 4.18. The molecule has 0 atom stereocenters. The fourth-order valence-electron chi connectivity index (χ4n) is 2.25. The van der Waals surface area contributed by atoms with E-state index in [0.29, 0.717) is 5.82 Å². The number of hydrogen-bond acceptors (Lipinski definition) is 4. The summed E-state index contributed by atoms with van der Waals surface area (Å²) in [6.07, 6.45) is 3.69. The van der Waals surface area contributed by atoms with Crippen LogP contribution in [0.2, 0.25) is 0 Å². The predicted molar refractivity (Wildman–Crippen MR) is 95.4 cm³/mol. The van der Waals surface area contributed by atoms with Gasteiger partial charge in [0.2, 0.25) is 0 Å². The highest BCUT2D eigenvalue weighted by atomic mass is 19.2. The van der Waals surface area contributed by atoms with E-state index in [1.54, 1.807) is 0 Å². The largest absolute Gasteiger partial charge is 0.339 e. The number of hydrogen-bond donors (Lipinski definition) is 2. The van der Waals surface area contributed by atoms with E-state index < -0.39 is 17.5 Å². The number of rotatable bonds is 5. The molecule has 0 radical (unpaired) electrons. The zero-order valence-corrected chi connectivity index (χ0v) is 14.0. The second-order valence-corrected chi connectivity index (χ2v) is 5.55. The molecule has 132 valence electrons. The number of nitrogens with zero attached hydrogens (tertiary/aromatic N) is 2. The second-order valence-electron chi connectivity index (χ2n) is 5.55. The molecule has 1 aromatic heterocycles. The van der Waals surface area contributed by atoms with Crippen molar-refractivity contribution >= 4 is 23.1 Å². The van der Waals surface area contributed by atoms with E-state index in [-0.39, 0.29) is 11.4 Å². The highest BCUT2D eigenvalue weighted by Crippen LogP contribution is 2.16. The van der Waals surface area contributed by atoms with Crippen LogP contribution in [0, 0.1) is 11.6 Å². The third-order valence-electron chi connectivity index (χ3n) is 3.70. The van der Waals surface area contributed by atoms with Gasteiger partial charge in [-0.1, -0.05) is 19.1 Å². The monoisotopic (exact) mass is 354 g/mol. The number of amides is 1. The Hall–Kier alpha value is -3.35. The maximum atomic E-state index is 13.2. The molecule has 2 aromatic carbocycles. The Balaban J connectivity index is 1.66. The molecule has 1 amide bonds. The van der Waals surface area contributed by atoms with Gasteiger partial charge >= 0.3 is 0 Å². The number of benzene rings is 2. The molecular weight excluding hydrogens is 338 g/mol. The van der Waals surface area contributed by atoms with Crippen LogP contribution in [0.5, 0.6) is 0 Å². The Morgan fingerprint density at radius 1 is 0.962 bits per heavy atom. The summed E-state index contributed by atoms with van der Waals surface area (Å²) in [5.41, 5.74) is 2.27. The highest BCUT2D eigenvalue weighted by Gasteiger charge is 2.10. The van der Waals surface area contributed by atoms with E-state index in [0.717, 1.165) is 24.2 Å². The average molecular weight is 354 g/mol. The van der Waals surface area contributed by atoms with Crippen molar-refractivity contribution in [1.29, 1.82) is 0 Å². The first-order valence-corrected chi connectivity index (χ1v) is 7.99. The number of aromatic nitrogens is 2. The van der Waals surface area contributed by atoms with Crippen LogP contribution in [0.25, 0.3) is 0 Å². The van der Waals surface area contributed by atoms with Gasteiger partial charge in [-0.2, -0.15) is 0 Å². The standard InChI is InChI=1S/C19H16F2N4O/c1-2-12-3-5-13(6-4-12)24-18-11-22-17(10-23-18)19(26)25-14-7-8-15(20)16(21)9-14/h3-11H,2H2,1H3,(H,23,24)(H,25,26). The molecule has 3 aromatic rings. The van der Waals surface area contributed by atoms with Gasteiger partial charge in [-0.15, -0.1) is 0 Å². The zero-order chi connectivity index (χ0) is 18.5. The van der Waals surface area contributed by atoms with Gasteiger partial charge in [0.1, 0.15) is 11.5 Å². The van der Waals surface area contributed by atoms with Gasteiger partial charge in [-0.3, -0.25) is 4.79 Å². The topological polar surface area (TPSA) is 66.9 Å². The van der Waals surface area contributed by atoms with Gasteiger partial charge in [0, 0.05) is 17.4 Å². The number of halogens is 2. The SMILES string of the molecule is CCc1ccc(Nc2cnc(C(=O)Nc3ccc(F)c(F)c3)cn2)cc1. The normalized spacial score (nSPS) is 10.4. The van der Waals surface area contributed by atoms with Crippen LogP contribution in [0.3, 0.4) is 0 Å². The third-order valence-corrected chi connectivity index (χ3v) is 3.70. The molecule has 0 unspecified atom stereocenters. The van der Waals surface area contributed by atoms with Crippen molar-refractivity contribution in [3.8, 4) is 0 Å². The molecule has 0 aliphatic heterocycles. The van der Waals surface area contributed by atoms with Crippen molar-refractivity contribution in [2.24, 2.45) is 0 Å². The number of carbonyl (C=O) groups excluding carboxylic acids is 1. The lowest BCUT2D eigenvalue weighted by molar-refractivity contribution is 0.102. The second kappa shape index (κ2) is 7.69. The van der Waals surface area contributed by atoms with E-state index in [9.17, 15) is 13.6 Å². The fourth-order valence-corrected chi connectivity index (χ4v) is 2.25. The highest BCUT2D eigenvalue weighted by molar-refractivity contribution is 6.02. The summed E-state index contributed by atoms with van der Waals surface area (Å²) in [5, 5.41) is 5.53. The first kappa shape index (κ1) is 17.5. The quantitative estimate of drug-likeness (QED) is 0.716. The van der Waals surface area contributed by atoms with Gasteiger partial charge in [-0.25, -0.2) is 18.7 Å². The lowest BCUT2D eigenvalue weighted by Crippen LogP contribution is -2.14. The molecule has 3 rings (SSSR count). The van der Waals surface area contributed by atoms with Crippen molar-refractivity contribution in [3.63, 3.8) is 0 Å². The smallest absolute Gasteiger partial charge is 0.275 e. The Labute approximate surface area is 149 Å². The van der Waals surface area contributed by atoms with Crippen LogP contribution in [0.4, 0.5) is 26.0 Å².